The van der Waals surface area contributed by atoms with Crippen LogP contribution in [0.4, 0.5) is 5.69 Å². The maximum Gasteiger partial charge on any atom is 0.242 e. The number of methoxy groups -OCH3 is 1. The van der Waals surface area contributed by atoms with E-state index in [2.05, 4.69) is 5.32 Å². The predicted octanol–water partition coefficient (Wildman–Crippen LogP) is 4.19. The lowest BCUT2D eigenvalue weighted by molar-refractivity contribution is -0.140. The van der Waals surface area contributed by atoms with Crippen molar-refractivity contribution in [3.05, 3.63) is 59.2 Å². The van der Waals surface area contributed by atoms with E-state index in [0.29, 0.717) is 17.9 Å². The van der Waals surface area contributed by atoms with E-state index in [0.717, 1.165) is 23.1 Å². The second kappa shape index (κ2) is 13.5. The highest BCUT2D eigenvalue weighted by molar-refractivity contribution is 7.92. The lowest BCUT2D eigenvalue weighted by Gasteiger charge is -2.30. The van der Waals surface area contributed by atoms with Gasteiger partial charge in [-0.25, -0.2) is 8.42 Å². The quantitative estimate of drug-likeness (QED) is 0.418. The van der Waals surface area contributed by atoms with Crippen LogP contribution in [0, 0.1) is 13.8 Å². The summed E-state index contributed by atoms with van der Waals surface area (Å²) < 4.78 is 31.9. The van der Waals surface area contributed by atoms with Crippen LogP contribution in [0.5, 0.6) is 5.75 Å². The zero-order valence-corrected chi connectivity index (χ0v) is 23.9. The molecule has 0 aliphatic carbocycles. The average Bonchev–Trinajstić information content (AvgIpc) is 2.85. The van der Waals surface area contributed by atoms with Gasteiger partial charge in [-0.3, -0.25) is 13.9 Å². The van der Waals surface area contributed by atoms with Crippen molar-refractivity contribution in [1.29, 1.82) is 0 Å². The second-order valence-corrected chi connectivity index (χ2v) is 11.5. The first-order valence-electron chi connectivity index (χ1n) is 12.6. The van der Waals surface area contributed by atoms with E-state index in [9.17, 15) is 18.0 Å². The van der Waals surface area contributed by atoms with E-state index < -0.39 is 16.1 Å². The van der Waals surface area contributed by atoms with Crippen LogP contribution in [-0.2, 0) is 26.2 Å². The number of hydrogen-bond donors (Lipinski definition) is 1. The topological polar surface area (TPSA) is 96.0 Å². The first kappa shape index (κ1) is 30.2. The number of carbonyl (C=O) groups is 2. The minimum Gasteiger partial charge on any atom is -0.497 e. The fraction of sp³-hybridized carbons (Fsp3) is 0.500. The highest BCUT2D eigenvalue weighted by Gasteiger charge is 2.27. The summed E-state index contributed by atoms with van der Waals surface area (Å²) in [6.45, 7) is 9.80. The minimum atomic E-state index is -3.55. The molecule has 2 rings (SSSR count). The van der Waals surface area contributed by atoms with Crippen LogP contribution >= 0.6 is 0 Å². The van der Waals surface area contributed by atoms with Gasteiger partial charge in [-0.15, -0.1) is 0 Å². The van der Waals surface area contributed by atoms with Crippen molar-refractivity contribution in [3.63, 3.8) is 0 Å². The molecule has 0 saturated carbocycles. The summed E-state index contributed by atoms with van der Waals surface area (Å²) in [5, 5.41) is 2.96. The van der Waals surface area contributed by atoms with Crippen LogP contribution in [0.1, 0.15) is 56.7 Å². The number of hydrogen-bond acceptors (Lipinski definition) is 5. The van der Waals surface area contributed by atoms with Gasteiger partial charge in [0.2, 0.25) is 21.8 Å². The van der Waals surface area contributed by atoms with Crippen molar-refractivity contribution in [2.45, 2.75) is 72.5 Å². The molecule has 0 radical (unpaired) electrons. The molecule has 2 amide bonds. The van der Waals surface area contributed by atoms with Crippen molar-refractivity contribution in [2.75, 3.05) is 24.2 Å². The third-order valence-corrected chi connectivity index (χ3v) is 7.62. The number of nitrogens with one attached hydrogen (secondary N) is 1. The minimum absolute atomic E-state index is 0.00962. The van der Waals surface area contributed by atoms with Crippen LogP contribution in [0.3, 0.4) is 0 Å². The number of aryl methyl sites for hydroxylation is 2. The second-order valence-electron chi connectivity index (χ2n) is 9.60. The van der Waals surface area contributed by atoms with Crippen molar-refractivity contribution >= 4 is 27.5 Å². The molecule has 8 nitrogen and oxygen atoms in total. The molecule has 0 bridgehead atoms. The Bertz CT molecular complexity index is 1180. The highest BCUT2D eigenvalue weighted by atomic mass is 32.2. The zero-order valence-electron chi connectivity index (χ0n) is 23.1. The summed E-state index contributed by atoms with van der Waals surface area (Å²) in [7, 11) is -1.97. The monoisotopic (exact) mass is 531 g/mol. The Hall–Kier alpha value is -3.07. The van der Waals surface area contributed by atoms with Gasteiger partial charge < -0.3 is 15.0 Å². The summed E-state index contributed by atoms with van der Waals surface area (Å²) in [5.41, 5.74) is 3.25. The van der Waals surface area contributed by atoms with Gasteiger partial charge >= 0.3 is 0 Å². The summed E-state index contributed by atoms with van der Waals surface area (Å²) in [6, 6.07) is 12.3. The molecule has 2 aromatic carbocycles. The fourth-order valence-corrected chi connectivity index (χ4v) is 5.00. The van der Waals surface area contributed by atoms with E-state index >= 15 is 0 Å². The third kappa shape index (κ3) is 8.77. The molecule has 0 fully saturated rings. The summed E-state index contributed by atoms with van der Waals surface area (Å²) in [5.74, 6) is 0.224. The van der Waals surface area contributed by atoms with E-state index in [1.165, 1.54) is 10.6 Å². The van der Waals surface area contributed by atoms with Crippen LogP contribution < -0.4 is 14.4 Å². The predicted molar refractivity (Wildman–Crippen MR) is 148 cm³/mol. The molecular formula is C28H41N3O5S. The Morgan fingerprint density at radius 3 is 2.41 bits per heavy atom. The Kier molecular flexibility index (Phi) is 11.0. The van der Waals surface area contributed by atoms with Crippen LogP contribution in [0.15, 0.2) is 42.5 Å². The first-order chi connectivity index (χ1) is 17.4. The van der Waals surface area contributed by atoms with Gasteiger partial charge in [-0.05, 0) is 75.4 Å². The van der Waals surface area contributed by atoms with Gasteiger partial charge in [0.05, 0.1) is 19.1 Å². The van der Waals surface area contributed by atoms with Crippen LogP contribution in [0.2, 0.25) is 0 Å². The van der Waals surface area contributed by atoms with Gasteiger partial charge in [0.15, 0.2) is 0 Å². The van der Waals surface area contributed by atoms with Crippen LogP contribution in [-0.4, -0.2) is 57.1 Å². The van der Waals surface area contributed by atoms with Gasteiger partial charge in [-0.1, -0.05) is 31.2 Å². The normalized spacial score (nSPS) is 12.9. The van der Waals surface area contributed by atoms with Crippen molar-refractivity contribution in [1.82, 2.24) is 10.2 Å². The molecule has 37 heavy (non-hydrogen) atoms. The average molecular weight is 532 g/mol. The first-order valence-corrected chi connectivity index (χ1v) is 14.5. The highest BCUT2D eigenvalue weighted by Crippen LogP contribution is 2.25. The molecule has 0 aromatic heterocycles. The smallest absolute Gasteiger partial charge is 0.242 e. The van der Waals surface area contributed by atoms with Crippen molar-refractivity contribution in [3.8, 4) is 5.75 Å². The molecule has 0 unspecified atom stereocenters. The third-order valence-electron chi connectivity index (χ3n) is 6.44. The van der Waals surface area contributed by atoms with Gasteiger partial charge in [-0.2, -0.15) is 0 Å². The maximum atomic E-state index is 13.4. The molecule has 0 heterocycles. The van der Waals surface area contributed by atoms with Gasteiger partial charge in [0.1, 0.15) is 11.8 Å². The van der Waals surface area contributed by atoms with Gasteiger partial charge in [0.25, 0.3) is 0 Å². The van der Waals surface area contributed by atoms with E-state index in [-0.39, 0.29) is 37.4 Å². The molecule has 0 aliphatic rings. The number of sulfonamides is 1. The van der Waals surface area contributed by atoms with E-state index in [4.69, 9.17) is 4.74 Å². The van der Waals surface area contributed by atoms with Crippen LogP contribution in [0.25, 0.3) is 0 Å². The Morgan fingerprint density at radius 1 is 1.08 bits per heavy atom. The molecule has 9 heteroatoms. The maximum absolute atomic E-state index is 13.4. The number of benzene rings is 2. The van der Waals surface area contributed by atoms with Crippen molar-refractivity contribution < 1.29 is 22.7 Å². The largest absolute Gasteiger partial charge is 0.497 e. The fourth-order valence-electron chi connectivity index (χ4n) is 3.99. The Morgan fingerprint density at radius 2 is 1.78 bits per heavy atom. The molecule has 0 aliphatic heterocycles. The standard InChI is InChI=1S/C28H41N3O5S/c1-8-22(4)29-28(33)23(5)30(19-24-11-9-12-25(18-24)36-6)27(32)13-10-16-31(37(7,34)35)26-17-20(2)14-15-21(26)3/h9,11-12,14-15,17-18,22-23H,8,10,13,16,19H2,1-7H3,(H,29,33)/t22-,23+/m0/s1. The molecule has 204 valence electrons. The molecule has 0 saturated heterocycles. The SMILES string of the molecule is CC[C@H](C)NC(=O)[C@@H](C)N(Cc1cccc(OC)c1)C(=O)CCCN(c1cc(C)ccc1C)S(C)(=O)=O. The molecule has 0 spiro atoms. The Balaban J connectivity index is 2.23. The number of anilines is 1. The lowest BCUT2D eigenvalue weighted by Crippen LogP contribution is -2.49. The molecule has 2 atom stereocenters. The number of rotatable bonds is 13. The number of ether oxygens (including phenoxy) is 1. The molecule has 1 N–H and O–H groups in total. The summed E-state index contributed by atoms with van der Waals surface area (Å²) in [4.78, 5) is 27.9. The van der Waals surface area contributed by atoms with E-state index in [1.54, 1.807) is 18.9 Å². The summed E-state index contributed by atoms with van der Waals surface area (Å²) >= 11 is 0. The molecular weight excluding hydrogens is 490 g/mol. The Labute approximate surface area is 222 Å². The number of carbonyl (C=O) groups excluding carboxylic acids is 2. The number of nitrogens with zero attached hydrogens (tertiary/aromatic N) is 2. The van der Waals surface area contributed by atoms with Gasteiger partial charge in [0, 0.05) is 25.6 Å². The van der Waals surface area contributed by atoms with Crippen molar-refractivity contribution in [2.24, 2.45) is 0 Å². The van der Waals surface area contributed by atoms with E-state index in [1.807, 2.05) is 70.2 Å². The summed E-state index contributed by atoms with van der Waals surface area (Å²) in [6.07, 6.45) is 2.37. The lowest BCUT2D eigenvalue weighted by atomic mass is 10.1. The zero-order chi connectivity index (χ0) is 27.8. The number of amides is 2. The molecule has 2 aromatic rings.